The third kappa shape index (κ3) is 5.09. The molecule has 0 aromatic heterocycles. The largest absolute Gasteiger partial charge is 0.480 e. The van der Waals surface area contributed by atoms with Crippen molar-refractivity contribution in [2.24, 2.45) is 5.73 Å². The highest BCUT2D eigenvalue weighted by molar-refractivity contribution is 5.72. The first-order valence-corrected chi connectivity index (χ1v) is 4.23. The smallest absolute Gasteiger partial charge is 0.320 e. The number of hydrogen-bond donors (Lipinski definition) is 3. The number of hydrogen-bond acceptors (Lipinski definition) is 3. The van der Waals surface area contributed by atoms with Crippen molar-refractivity contribution in [1.29, 1.82) is 0 Å². The van der Waals surface area contributed by atoms with E-state index < -0.39 is 12.0 Å². The van der Waals surface area contributed by atoms with E-state index in [0.717, 1.165) is 12.8 Å². The summed E-state index contributed by atoms with van der Waals surface area (Å²) in [6, 6.07) is -0.264. The summed E-state index contributed by atoms with van der Waals surface area (Å²) in [5, 5.41) is 11.5. The molecule has 4 heteroatoms. The Labute approximate surface area is 73.1 Å². The van der Waals surface area contributed by atoms with Crippen LogP contribution in [0.3, 0.4) is 0 Å². The summed E-state index contributed by atoms with van der Waals surface area (Å²) in [5.41, 5.74) is 5.32. The Morgan fingerprint density at radius 1 is 1.58 bits per heavy atom. The number of carbonyl (C=O) groups is 1. The summed E-state index contributed by atoms with van der Waals surface area (Å²) in [5.74, 6) is -0.910. The minimum absolute atomic E-state index is 0.436. The Morgan fingerprint density at radius 2 is 2.17 bits per heavy atom. The summed E-state index contributed by atoms with van der Waals surface area (Å²) in [4.78, 5) is 10.3. The van der Waals surface area contributed by atoms with Crippen LogP contribution in [0.1, 0.15) is 26.2 Å². The van der Waals surface area contributed by atoms with Crippen LogP contribution in [0.4, 0.5) is 0 Å². The highest BCUT2D eigenvalue weighted by atomic mass is 16.4. The van der Waals surface area contributed by atoms with E-state index in [1.807, 2.05) is 7.05 Å². The average molecular weight is 174 g/mol. The van der Waals surface area contributed by atoms with Gasteiger partial charge < -0.3 is 16.2 Å². The molecule has 0 aliphatic heterocycles. The van der Waals surface area contributed by atoms with Crippen molar-refractivity contribution in [2.75, 3.05) is 7.05 Å². The summed E-state index contributed by atoms with van der Waals surface area (Å²) in [7, 11) is 1.89. The molecule has 72 valence electrons. The Balaban J connectivity index is 3.37. The first-order chi connectivity index (χ1) is 5.57. The van der Waals surface area contributed by atoms with E-state index in [1.54, 1.807) is 0 Å². The molecule has 0 aliphatic carbocycles. The number of nitrogens with one attached hydrogen (secondary N) is 1. The maximum Gasteiger partial charge on any atom is 0.320 e. The lowest BCUT2D eigenvalue weighted by molar-refractivity contribution is -0.138. The maximum absolute atomic E-state index is 10.3. The number of carboxylic acids is 1. The normalized spacial score (nSPS) is 15.6. The van der Waals surface area contributed by atoms with Gasteiger partial charge in [0, 0.05) is 6.04 Å². The molecule has 0 spiro atoms. The topological polar surface area (TPSA) is 75.3 Å². The van der Waals surface area contributed by atoms with Crippen LogP contribution in [0, 0.1) is 0 Å². The van der Waals surface area contributed by atoms with Gasteiger partial charge in [-0.05, 0) is 33.2 Å². The Kier molecular flexibility index (Phi) is 5.66. The van der Waals surface area contributed by atoms with Crippen molar-refractivity contribution < 1.29 is 9.90 Å². The quantitative estimate of drug-likeness (QED) is 0.537. The van der Waals surface area contributed by atoms with E-state index in [-0.39, 0.29) is 0 Å². The van der Waals surface area contributed by atoms with Crippen molar-refractivity contribution >= 4 is 5.97 Å². The SMILES string of the molecule is CNC(C)CCC[C@H](N)C(=O)O. The third-order valence-corrected chi connectivity index (χ3v) is 1.96. The summed E-state index contributed by atoms with van der Waals surface area (Å²) in [6.45, 7) is 2.06. The fourth-order valence-electron chi connectivity index (χ4n) is 0.912. The lowest BCUT2D eigenvalue weighted by atomic mass is 10.1. The van der Waals surface area contributed by atoms with Gasteiger partial charge in [0.1, 0.15) is 6.04 Å². The lowest BCUT2D eigenvalue weighted by Crippen LogP contribution is -2.30. The minimum Gasteiger partial charge on any atom is -0.480 e. The maximum atomic E-state index is 10.3. The number of nitrogens with two attached hydrogens (primary N) is 1. The van der Waals surface area contributed by atoms with Crippen molar-refractivity contribution in [1.82, 2.24) is 5.32 Å². The van der Waals surface area contributed by atoms with Crippen molar-refractivity contribution in [3.8, 4) is 0 Å². The van der Waals surface area contributed by atoms with Crippen LogP contribution < -0.4 is 11.1 Å². The molecule has 1 unspecified atom stereocenters. The summed E-state index contributed by atoms with van der Waals surface area (Å²) in [6.07, 6.45) is 2.38. The molecule has 0 fully saturated rings. The molecule has 0 saturated carbocycles. The summed E-state index contributed by atoms with van der Waals surface area (Å²) < 4.78 is 0. The van der Waals surface area contributed by atoms with Gasteiger partial charge in [0.25, 0.3) is 0 Å². The highest BCUT2D eigenvalue weighted by Gasteiger charge is 2.10. The molecular formula is C8H18N2O2. The van der Waals surface area contributed by atoms with Crippen molar-refractivity contribution in [3.05, 3.63) is 0 Å². The molecule has 0 radical (unpaired) electrons. The first-order valence-electron chi connectivity index (χ1n) is 4.23. The van der Waals surface area contributed by atoms with Crippen LogP contribution >= 0.6 is 0 Å². The van der Waals surface area contributed by atoms with E-state index in [0.29, 0.717) is 12.5 Å². The molecular weight excluding hydrogens is 156 g/mol. The number of rotatable bonds is 6. The van der Waals surface area contributed by atoms with E-state index in [1.165, 1.54) is 0 Å². The fourth-order valence-corrected chi connectivity index (χ4v) is 0.912. The molecule has 0 aromatic rings. The van der Waals surface area contributed by atoms with Gasteiger partial charge >= 0.3 is 5.97 Å². The van der Waals surface area contributed by atoms with Gasteiger partial charge in [0.15, 0.2) is 0 Å². The Hall–Kier alpha value is -0.610. The van der Waals surface area contributed by atoms with Crippen molar-refractivity contribution in [2.45, 2.75) is 38.3 Å². The molecule has 0 bridgehead atoms. The lowest BCUT2D eigenvalue weighted by Gasteiger charge is -2.10. The van der Waals surface area contributed by atoms with Crippen LogP contribution in [0.2, 0.25) is 0 Å². The zero-order valence-electron chi connectivity index (χ0n) is 7.71. The third-order valence-electron chi connectivity index (χ3n) is 1.96. The minimum atomic E-state index is -0.910. The van der Waals surface area contributed by atoms with Gasteiger partial charge in [0.2, 0.25) is 0 Å². The van der Waals surface area contributed by atoms with Crippen LogP contribution in [0.15, 0.2) is 0 Å². The zero-order valence-corrected chi connectivity index (χ0v) is 7.71. The second-order valence-electron chi connectivity index (χ2n) is 3.07. The molecule has 0 rings (SSSR count). The molecule has 4 N–H and O–H groups in total. The molecule has 12 heavy (non-hydrogen) atoms. The van der Waals surface area contributed by atoms with Gasteiger partial charge in [-0.1, -0.05) is 0 Å². The molecule has 0 aliphatic rings. The molecule has 0 amide bonds. The van der Waals surface area contributed by atoms with Gasteiger partial charge in [-0.15, -0.1) is 0 Å². The average Bonchev–Trinajstić information content (AvgIpc) is 2.03. The Morgan fingerprint density at radius 3 is 2.58 bits per heavy atom. The second-order valence-corrected chi connectivity index (χ2v) is 3.07. The first kappa shape index (κ1) is 11.4. The van der Waals surface area contributed by atoms with Crippen LogP contribution in [-0.4, -0.2) is 30.2 Å². The van der Waals surface area contributed by atoms with Crippen LogP contribution in [-0.2, 0) is 4.79 Å². The summed E-state index contributed by atoms with van der Waals surface area (Å²) >= 11 is 0. The molecule has 0 heterocycles. The predicted octanol–water partition coefficient (Wildman–Crippen LogP) is 0.177. The van der Waals surface area contributed by atoms with Gasteiger partial charge in [-0.25, -0.2) is 0 Å². The number of aliphatic carboxylic acids is 1. The highest BCUT2D eigenvalue weighted by Crippen LogP contribution is 2.02. The predicted molar refractivity (Wildman–Crippen MR) is 48.0 cm³/mol. The molecule has 0 aromatic carbocycles. The standard InChI is InChI=1S/C8H18N2O2/c1-6(10-2)4-3-5-7(9)8(11)12/h6-7,10H,3-5,9H2,1-2H3,(H,11,12)/t6?,7-/m0/s1. The number of carboxylic acid groups (broad SMARTS) is 1. The van der Waals surface area contributed by atoms with Gasteiger partial charge in [-0.2, -0.15) is 0 Å². The Bertz CT molecular complexity index is 139. The zero-order chi connectivity index (χ0) is 9.56. The van der Waals surface area contributed by atoms with E-state index >= 15 is 0 Å². The van der Waals surface area contributed by atoms with Crippen molar-refractivity contribution in [3.63, 3.8) is 0 Å². The monoisotopic (exact) mass is 174 g/mol. The molecule has 0 saturated heterocycles. The fraction of sp³-hybridized carbons (Fsp3) is 0.875. The second kappa shape index (κ2) is 5.97. The molecule has 4 nitrogen and oxygen atoms in total. The molecule has 2 atom stereocenters. The van der Waals surface area contributed by atoms with E-state index in [2.05, 4.69) is 12.2 Å². The van der Waals surface area contributed by atoms with Crippen LogP contribution in [0.25, 0.3) is 0 Å². The van der Waals surface area contributed by atoms with E-state index in [9.17, 15) is 4.79 Å². The van der Waals surface area contributed by atoms with Crippen LogP contribution in [0.5, 0.6) is 0 Å². The van der Waals surface area contributed by atoms with E-state index in [4.69, 9.17) is 10.8 Å². The van der Waals surface area contributed by atoms with Gasteiger partial charge in [0.05, 0.1) is 0 Å². The van der Waals surface area contributed by atoms with Gasteiger partial charge in [-0.3, -0.25) is 4.79 Å².